The van der Waals surface area contributed by atoms with Gasteiger partial charge in [0, 0.05) is 0 Å². The molecule has 1 aliphatic rings. The number of halogens is 2. The fraction of sp³-hybridized carbons (Fsp3) is 0.303. The van der Waals surface area contributed by atoms with E-state index in [0.717, 1.165) is 12.0 Å². The monoisotopic (exact) mass is 569 g/mol. The van der Waals surface area contributed by atoms with Gasteiger partial charge in [0.25, 0.3) is 0 Å². The van der Waals surface area contributed by atoms with Crippen LogP contribution in [0.2, 0.25) is 0 Å². The van der Waals surface area contributed by atoms with Crippen LogP contribution in [0.4, 0.5) is 0 Å². The molecule has 1 nitrogen and oxygen atoms in total. The first kappa shape index (κ1) is 35.1. The molecule has 0 atom stereocenters. The van der Waals surface area contributed by atoms with Crippen LogP contribution in [0.5, 0.6) is 5.75 Å². The summed E-state index contributed by atoms with van der Waals surface area (Å²) in [5.74, 6) is 0.361. The van der Waals surface area contributed by atoms with Crippen molar-refractivity contribution in [3.05, 3.63) is 125 Å². The minimum atomic E-state index is 0. The normalized spacial score (nSPS) is 12.0. The summed E-state index contributed by atoms with van der Waals surface area (Å²) in [5.41, 5.74) is 6.64. The molecule has 0 fully saturated rings. The van der Waals surface area contributed by atoms with E-state index in [1.807, 2.05) is 25.1 Å². The standard InChI is InChI=1S/C13H10.C11H16O.C9H13.2ClH.Ti/c1-3-7-12(8-4-1)11-13-9-5-2-6-10-13;1-8-5-9(11(2,3)4)7-10(12)6-8;1-9(2,3)8-6-4-5-7-8;;;/h1-10H;5-7,12H,1-4H3;4,6H,5H2,1-3H3;2*1H;/q;;-1;;;+1/p-2. The molecule has 0 saturated carbocycles. The molecule has 0 aromatic heterocycles. The quantitative estimate of drug-likeness (QED) is 0.371. The van der Waals surface area contributed by atoms with Crippen molar-refractivity contribution in [1.29, 1.82) is 0 Å². The molecule has 0 bridgehead atoms. The molecule has 0 amide bonds. The van der Waals surface area contributed by atoms with E-state index in [1.54, 1.807) is 6.07 Å². The van der Waals surface area contributed by atoms with E-state index < -0.39 is 0 Å². The molecule has 1 N–H and O–H groups in total. The van der Waals surface area contributed by atoms with Crippen LogP contribution in [0, 0.1) is 18.4 Å². The van der Waals surface area contributed by atoms with Gasteiger partial charge in [-0.05, 0) is 41.0 Å². The summed E-state index contributed by atoms with van der Waals surface area (Å²) in [5, 5.41) is 9.36. The van der Waals surface area contributed by atoms with Crippen molar-refractivity contribution in [2.24, 2.45) is 5.41 Å². The molecule has 0 radical (unpaired) electrons. The zero-order valence-electron chi connectivity index (χ0n) is 23.1. The first-order valence-corrected chi connectivity index (χ1v) is 12.9. The molecule has 4 rings (SSSR count). The molecule has 0 spiro atoms. The van der Waals surface area contributed by atoms with Crippen LogP contribution in [0.15, 0.2) is 96.6 Å². The fourth-order valence-electron chi connectivity index (χ4n) is 3.49. The van der Waals surface area contributed by atoms with Crippen LogP contribution in [-0.4, -0.2) is 8.92 Å². The van der Waals surface area contributed by atoms with E-state index in [9.17, 15) is 5.11 Å². The molecule has 37 heavy (non-hydrogen) atoms. The number of hydrogen-bond acceptors (Lipinski definition) is 1. The Balaban J connectivity index is 0.000000523. The molecule has 0 aliphatic heterocycles. The molecular weight excluding hydrogens is 531 g/mol. The van der Waals surface area contributed by atoms with Crippen LogP contribution in [0.1, 0.15) is 70.2 Å². The molecular formula is C33H39Cl2OTi-2. The third-order valence-electron chi connectivity index (χ3n) is 5.56. The molecule has 3 aromatic carbocycles. The first-order valence-electron chi connectivity index (χ1n) is 12.2. The Morgan fingerprint density at radius 3 is 1.57 bits per heavy atom. The molecule has 0 heterocycles. The summed E-state index contributed by atoms with van der Waals surface area (Å²) in [7, 11) is 0. The average molecular weight is 570 g/mol. The number of allylic oxidation sites excluding steroid dienone is 4. The summed E-state index contributed by atoms with van der Waals surface area (Å²) in [4.78, 5) is 0. The number of phenols is 1. The van der Waals surface area contributed by atoms with Crippen molar-refractivity contribution < 1.29 is 49.9 Å². The minimum absolute atomic E-state index is 0. The molecule has 4 heteroatoms. The van der Waals surface area contributed by atoms with Crippen LogP contribution < -0.4 is 24.8 Å². The molecule has 197 valence electrons. The number of benzene rings is 3. The second-order valence-corrected chi connectivity index (χ2v) is 11.6. The SMILES string of the molecule is CC(C)(C)C1=[C-]CC=C1.Cc1cc(O)cc(C(C)(C)C)c1.[Cl-].[Cl-].[Ti+]=[C](c1ccccc1)c1ccccc1. The van der Waals surface area contributed by atoms with E-state index >= 15 is 0 Å². The summed E-state index contributed by atoms with van der Waals surface area (Å²) < 4.78 is 1.33. The van der Waals surface area contributed by atoms with Gasteiger partial charge in [-0.15, -0.1) is 6.42 Å². The Kier molecular flexibility index (Phi) is 15.3. The Morgan fingerprint density at radius 2 is 1.24 bits per heavy atom. The van der Waals surface area contributed by atoms with E-state index in [2.05, 4.69) is 134 Å². The topological polar surface area (TPSA) is 20.2 Å². The number of rotatable bonds is 2. The number of hydrogen-bond donors (Lipinski definition) is 1. The molecule has 1 aliphatic carbocycles. The van der Waals surface area contributed by atoms with Gasteiger partial charge in [-0.2, -0.15) is 6.08 Å². The van der Waals surface area contributed by atoms with Gasteiger partial charge in [0.1, 0.15) is 5.75 Å². The second kappa shape index (κ2) is 16.2. The zero-order valence-corrected chi connectivity index (χ0v) is 26.1. The third-order valence-corrected chi connectivity index (χ3v) is 6.46. The van der Waals surface area contributed by atoms with Gasteiger partial charge in [-0.25, -0.2) is 11.6 Å². The van der Waals surface area contributed by atoms with E-state index in [0.29, 0.717) is 11.2 Å². The van der Waals surface area contributed by atoms with Crippen molar-refractivity contribution in [2.75, 3.05) is 0 Å². The Hall–Kier alpha value is -1.90. The zero-order chi connectivity index (χ0) is 26.1. The second-order valence-electron chi connectivity index (χ2n) is 10.9. The maximum absolute atomic E-state index is 9.36. The van der Waals surface area contributed by atoms with Gasteiger partial charge in [0.2, 0.25) is 0 Å². The Bertz CT molecular complexity index is 1090. The van der Waals surface area contributed by atoms with Crippen molar-refractivity contribution in [3.63, 3.8) is 0 Å². The van der Waals surface area contributed by atoms with Gasteiger partial charge in [0.15, 0.2) is 0 Å². The molecule has 3 aromatic rings. The van der Waals surface area contributed by atoms with Gasteiger partial charge in [0.05, 0.1) is 0 Å². The van der Waals surface area contributed by atoms with E-state index in [4.69, 9.17) is 0 Å². The van der Waals surface area contributed by atoms with Crippen molar-refractivity contribution in [1.82, 2.24) is 0 Å². The van der Waals surface area contributed by atoms with Gasteiger partial charge < -0.3 is 29.9 Å². The predicted molar refractivity (Wildman–Crippen MR) is 148 cm³/mol. The summed E-state index contributed by atoms with van der Waals surface area (Å²) in [6.45, 7) is 15.1. The van der Waals surface area contributed by atoms with Gasteiger partial charge in [-0.1, -0.05) is 47.6 Å². The third kappa shape index (κ3) is 12.5. The van der Waals surface area contributed by atoms with E-state index in [1.165, 1.54) is 26.1 Å². The number of aryl methyl sites for hydroxylation is 1. The van der Waals surface area contributed by atoms with Crippen molar-refractivity contribution >= 4 is 3.81 Å². The van der Waals surface area contributed by atoms with E-state index in [-0.39, 0.29) is 30.2 Å². The van der Waals surface area contributed by atoms with Crippen LogP contribution in [-0.2, 0) is 25.4 Å². The van der Waals surface area contributed by atoms with Crippen LogP contribution in [0.25, 0.3) is 0 Å². The van der Waals surface area contributed by atoms with Crippen molar-refractivity contribution in [2.45, 2.75) is 60.3 Å². The first-order chi connectivity index (χ1) is 16.4. The van der Waals surface area contributed by atoms with Crippen LogP contribution >= 0.6 is 0 Å². The summed E-state index contributed by atoms with van der Waals surface area (Å²) >= 11 is 2.16. The number of aromatic hydroxyl groups is 1. The average Bonchev–Trinajstić information content (AvgIpc) is 3.35. The van der Waals surface area contributed by atoms with Gasteiger partial charge >= 0.3 is 95.6 Å². The van der Waals surface area contributed by atoms with Gasteiger partial charge in [-0.3, -0.25) is 6.08 Å². The van der Waals surface area contributed by atoms with Crippen molar-refractivity contribution in [3.8, 4) is 5.75 Å². The summed E-state index contributed by atoms with van der Waals surface area (Å²) in [6.07, 6.45) is 8.63. The van der Waals surface area contributed by atoms with Crippen LogP contribution in [0.3, 0.4) is 0 Å². The summed E-state index contributed by atoms with van der Waals surface area (Å²) in [6, 6.07) is 26.6. The molecule has 0 unspecified atom stereocenters. The maximum atomic E-state index is 9.36. The molecule has 0 saturated heterocycles. The Labute approximate surface area is 248 Å². The predicted octanol–water partition coefficient (Wildman–Crippen LogP) is 2.53. The Morgan fingerprint density at radius 1 is 0.757 bits per heavy atom. The fourth-order valence-corrected chi connectivity index (χ4v) is 4.01. The number of phenolic OH excluding ortho intramolecular Hbond substituents is 1.